The number of ether oxygens (including phenoxy) is 2. The second-order valence-corrected chi connectivity index (χ2v) is 7.47. The fraction of sp³-hybridized carbons (Fsp3) is 0.182. The van der Waals surface area contributed by atoms with E-state index in [1.54, 1.807) is 18.2 Å². The molecule has 0 aliphatic heterocycles. The number of nitrogens with zero attached hydrogens (tertiary/aromatic N) is 4. The van der Waals surface area contributed by atoms with Crippen LogP contribution in [0.4, 0.5) is 5.69 Å². The van der Waals surface area contributed by atoms with Gasteiger partial charge in [-0.2, -0.15) is 4.98 Å². The number of fused-ring (bicyclic) bond motifs is 1. The Morgan fingerprint density at radius 3 is 2.51 bits per heavy atom. The molecule has 4 rings (SSSR count). The predicted molar refractivity (Wildman–Crippen MR) is 122 cm³/mol. The standard InChI is InChI=1S/C22H19N5O8/c1-25-18-17(19(29)24-21(25)31)26(22(23-18)35-20(30)13-5-3-2-4-6-13)11-15(28)12-34-16-9-7-14(8-10-16)27(32)33/h2-10,15,28H,11-12H2,1H3,(H,24,29,31)/t15-/m1/s1. The molecular weight excluding hydrogens is 462 g/mol. The number of aromatic nitrogens is 4. The number of benzene rings is 2. The molecule has 1 atom stereocenters. The summed E-state index contributed by atoms with van der Waals surface area (Å²) in [4.78, 5) is 53.7. The molecule has 0 aliphatic carbocycles. The van der Waals surface area contributed by atoms with Crippen LogP contribution in [0.3, 0.4) is 0 Å². The van der Waals surface area contributed by atoms with Crippen LogP contribution in [0.15, 0.2) is 64.2 Å². The van der Waals surface area contributed by atoms with Gasteiger partial charge in [0.15, 0.2) is 11.2 Å². The van der Waals surface area contributed by atoms with Crippen molar-refractivity contribution in [3.8, 4) is 11.8 Å². The Hall–Kier alpha value is -4.78. The van der Waals surface area contributed by atoms with Crippen molar-refractivity contribution in [2.75, 3.05) is 6.61 Å². The van der Waals surface area contributed by atoms with Crippen LogP contribution in [0.25, 0.3) is 11.2 Å². The summed E-state index contributed by atoms with van der Waals surface area (Å²) in [6.45, 7) is -0.532. The molecule has 2 aromatic carbocycles. The van der Waals surface area contributed by atoms with Crippen LogP contribution >= 0.6 is 0 Å². The zero-order valence-corrected chi connectivity index (χ0v) is 18.3. The molecule has 13 nitrogen and oxygen atoms in total. The molecule has 180 valence electrons. The summed E-state index contributed by atoms with van der Waals surface area (Å²) in [5.74, 6) is -0.471. The monoisotopic (exact) mass is 481 g/mol. The number of hydrogen-bond donors (Lipinski definition) is 2. The fourth-order valence-corrected chi connectivity index (χ4v) is 3.30. The van der Waals surface area contributed by atoms with Gasteiger partial charge in [-0.05, 0) is 24.3 Å². The molecule has 0 fully saturated rings. The van der Waals surface area contributed by atoms with Crippen LogP contribution in [0.5, 0.6) is 11.8 Å². The SMILES string of the molecule is Cn1c(=O)[nH]c(=O)c2c1nc(OC(=O)c1ccccc1)n2C[C@@H](O)COc1ccc([N+](=O)[O-])cc1. The van der Waals surface area contributed by atoms with E-state index in [4.69, 9.17) is 9.47 Å². The topological polar surface area (TPSA) is 172 Å². The van der Waals surface area contributed by atoms with Gasteiger partial charge in [0.2, 0.25) is 0 Å². The second-order valence-electron chi connectivity index (χ2n) is 7.47. The summed E-state index contributed by atoms with van der Waals surface area (Å²) >= 11 is 0. The quantitative estimate of drug-likeness (QED) is 0.211. The molecule has 0 spiro atoms. The molecule has 13 heteroatoms. The number of imidazole rings is 1. The van der Waals surface area contributed by atoms with Crippen molar-refractivity contribution in [1.82, 2.24) is 19.1 Å². The number of non-ortho nitro benzene ring substituents is 1. The highest BCUT2D eigenvalue weighted by atomic mass is 16.6. The molecule has 0 unspecified atom stereocenters. The third-order valence-electron chi connectivity index (χ3n) is 5.05. The number of nitrogens with one attached hydrogen (secondary N) is 1. The minimum absolute atomic E-state index is 0.0434. The van der Waals surface area contributed by atoms with E-state index in [2.05, 4.69) is 9.97 Å². The summed E-state index contributed by atoms with van der Waals surface area (Å²) in [5, 5.41) is 21.3. The van der Waals surface area contributed by atoms with Crippen molar-refractivity contribution in [2.45, 2.75) is 12.6 Å². The van der Waals surface area contributed by atoms with Crippen molar-refractivity contribution >= 4 is 22.8 Å². The lowest BCUT2D eigenvalue weighted by atomic mass is 10.2. The van der Waals surface area contributed by atoms with Crippen LogP contribution in [-0.4, -0.2) is 47.8 Å². The van der Waals surface area contributed by atoms with E-state index in [9.17, 15) is 29.6 Å². The van der Waals surface area contributed by atoms with Crippen LogP contribution in [0, 0.1) is 10.1 Å². The Morgan fingerprint density at radius 1 is 1.17 bits per heavy atom. The Labute approximate surface area is 195 Å². The number of esters is 1. The number of aliphatic hydroxyl groups is 1. The maximum Gasteiger partial charge on any atom is 0.345 e. The number of H-pyrrole nitrogens is 1. The van der Waals surface area contributed by atoms with Gasteiger partial charge in [0.25, 0.3) is 11.2 Å². The zero-order chi connectivity index (χ0) is 25.1. The molecule has 0 saturated carbocycles. The first-order valence-electron chi connectivity index (χ1n) is 10.3. The maximum atomic E-state index is 12.6. The van der Waals surface area contributed by atoms with E-state index in [-0.39, 0.29) is 47.3 Å². The highest BCUT2D eigenvalue weighted by Crippen LogP contribution is 2.21. The number of aliphatic hydroxyl groups excluding tert-OH is 1. The van der Waals surface area contributed by atoms with Crippen LogP contribution in [0.2, 0.25) is 0 Å². The number of carbonyl (C=O) groups is 1. The van der Waals surface area contributed by atoms with Gasteiger partial charge in [0.05, 0.1) is 17.0 Å². The lowest BCUT2D eigenvalue weighted by molar-refractivity contribution is -0.384. The maximum absolute atomic E-state index is 12.6. The highest BCUT2D eigenvalue weighted by molar-refractivity contribution is 5.91. The molecule has 0 saturated heterocycles. The minimum Gasteiger partial charge on any atom is -0.491 e. The molecule has 0 radical (unpaired) electrons. The average Bonchev–Trinajstić information content (AvgIpc) is 3.20. The molecule has 0 amide bonds. The Kier molecular flexibility index (Phi) is 6.42. The summed E-state index contributed by atoms with van der Waals surface area (Å²) in [7, 11) is 1.38. The molecule has 0 aliphatic rings. The lowest BCUT2D eigenvalue weighted by Crippen LogP contribution is -2.30. The van der Waals surface area contributed by atoms with Gasteiger partial charge >= 0.3 is 17.7 Å². The summed E-state index contributed by atoms with van der Waals surface area (Å²) < 4.78 is 13.1. The van der Waals surface area contributed by atoms with E-state index < -0.39 is 28.2 Å². The fourth-order valence-electron chi connectivity index (χ4n) is 3.30. The van der Waals surface area contributed by atoms with Gasteiger partial charge in [0.1, 0.15) is 18.5 Å². The number of aryl methyl sites for hydroxylation is 1. The highest BCUT2D eigenvalue weighted by Gasteiger charge is 2.23. The van der Waals surface area contributed by atoms with Crippen molar-refractivity contribution < 1.29 is 24.3 Å². The van der Waals surface area contributed by atoms with Crippen LogP contribution in [0.1, 0.15) is 10.4 Å². The van der Waals surface area contributed by atoms with Crippen molar-refractivity contribution in [2.24, 2.45) is 7.05 Å². The third kappa shape index (κ3) is 4.94. The van der Waals surface area contributed by atoms with E-state index in [1.165, 1.54) is 48.0 Å². The summed E-state index contributed by atoms with van der Waals surface area (Å²) in [6.07, 6.45) is -1.21. The van der Waals surface area contributed by atoms with Crippen molar-refractivity contribution in [3.05, 3.63) is 91.1 Å². The van der Waals surface area contributed by atoms with E-state index in [0.29, 0.717) is 0 Å². The van der Waals surface area contributed by atoms with Gasteiger partial charge in [-0.25, -0.2) is 9.59 Å². The molecule has 4 aromatic rings. The van der Waals surface area contributed by atoms with Crippen LogP contribution < -0.4 is 20.7 Å². The minimum atomic E-state index is -1.21. The summed E-state index contributed by atoms with van der Waals surface area (Å²) in [6, 6.07) is 13.1. The smallest absolute Gasteiger partial charge is 0.345 e. The lowest BCUT2D eigenvalue weighted by Gasteiger charge is -2.15. The normalized spacial score (nSPS) is 11.8. The molecule has 2 aromatic heterocycles. The number of carbonyl (C=O) groups excluding carboxylic acids is 1. The molecule has 0 bridgehead atoms. The third-order valence-corrected chi connectivity index (χ3v) is 5.05. The molecule has 2 N–H and O–H groups in total. The molecular formula is C22H19N5O8. The van der Waals surface area contributed by atoms with Crippen LogP contribution in [-0.2, 0) is 13.6 Å². The van der Waals surface area contributed by atoms with E-state index >= 15 is 0 Å². The van der Waals surface area contributed by atoms with Crippen molar-refractivity contribution in [1.29, 1.82) is 0 Å². The molecule has 35 heavy (non-hydrogen) atoms. The van der Waals surface area contributed by atoms with Gasteiger partial charge in [-0.1, -0.05) is 18.2 Å². The van der Waals surface area contributed by atoms with E-state index in [0.717, 1.165) is 4.57 Å². The first-order chi connectivity index (χ1) is 16.7. The number of aromatic amines is 1. The van der Waals surface area contributed by atoms with Gasteiger partial charge in [0, 0.05) is 19.2 Å². The van der Waals surface area contributed by atoms with Gasteiger partial charge in [-0.15, -0.1) is 0 Å². The molecule has 2 heterocycles. The zero-order valence-electron chi connectivity index (χ0n) is 18.3. The number of rotatable bonds is 8. The van der Waals surface area contributed by atoms with Gasteiger partial charge in [-0.3, -0.25) is 29.0 Å². The van der Waals surface area contributed by atoms with Gasteiger partial charge < -0.3 is 14.6 Å². The largest absolute Gasteiger partial charge is 0.491 e. The first-order valence-corrected chi connectivity index (χ1v) is 10.3. The van der Waals surface area contributed by atoms with Crippen molar-refractivity contribution in [3.63, 3.8) is 0 Å². The van der Waals surface area contributed by atoms with E-state index in [1.807, 2.05) is 0 Å². The Balaban J connectivity index is 1.61. The second kappa shape index (κ2) is 9.61. The first kappa shape index (κ1) is 23.4. The predicted octanol–water partition coefficient (Wildman–Crippen LogP) is 0.991. The Morgan fingerprint density at radius 2 is 1.86 bits per heavy atom. The number of nitro benzene ring substituents is 1. The summed E-state index contributed by atoms with van der Waals surface area (Å²) in [5.41, 5.74) is -1.50. The number of hydrogen-bond acceptors (Lipinski definition) is 9. The Bertz CT molecular complexity index is 1510. The average molecular weight is 481 g/mol. The number of nitro groups is 1.